The summed E-state index contributed by atoms with van der Waals surface area (Å²) in [6.45, 7) is 4.45. The smallest absolute Gasteiger partial charge is 0.0104 e. The fourth-order valence-corrected chi connectivity index (χ4v) is 0.289. The molecule has 0 unspecified atom stereocenters. The van der Waals surface area contributed by atoms with Gasteiger partial charge in [0, 0.05) is 3.92 Å². The van der Waals surface area contributed by atoms with Crippen molar-refractivity contribution in [2.45, 2.75) is 30.6 Å². The van der Waals surface area contributed by atoms with Gasteiger partial charge in [-0.3, -0.25) is 0 Å². The molecule has 0 aliphatic heterocycles. The molecule has 0 bridgehead atoms. The predicted molar refractivity (Wildman–Crippen MR) is 43.4 cm³/mol. The third-order valence-electron chi connectivity index (χ3n) is 0.886. The average molecular weight is 215 g/mol. The fourth-order valence-electron chi connectivity index (χ4n) is 0.289. The lowest BCUT2D eigenvalue weighted by Gasteiger charge is -1.96. The summed E-state index contributed by atoms with van der Waals surface area (Å²) in [5.41, 5.74) is 0. The Bertz CT molecular complexity index is 27.3. The van der Waals surface area contributed by atoms with E-state index in [4.69, 9.17) is 0 Å². The Kier molecular flexibility index (Phi) is 10.2. The van der Waals surface area contributed by atoms with Crippen LogP contribution in [0.2, 0.25) is 0 Å². The molecule has 46 valence electrons. The second-order valence-electron chi connectivity index (χ2n) is 1.41. The van der Waals surface area contributed by atoms with Gasteiger partial charge in [-0.15, -0.1) is 0 Å². The van der Waals surface area contributed by atoms with Crippen LogP contribution in [0.5, 0.6) is 0 Å². The van der Waals surface area contributed by atoms with Crippen molar-refractivity contribution in [3.8, 4) is 0 Å². The Morgan fingerprint density at radius 2 is 1.57 bits per heavy atom. The highest BCUT2D eigenvalue weighted by atomic mass is 127. The highest BCUT2D eigenvalue weighted by molar-refractivity contribution is 14.1. The molecular weight excluding hydrogens is 201 g/mol. The van der Waals surface area contributed by atoms with Crippen molar-refractivity contribution in [1.29, 1.82) is 0 Å². The van der Waals surface area contributed by atoms with Crippen LogP contribution in [0.15, 0.2) is 0 Å². The SMILES string of the molecule is CCC(I)CC.N. The average Bonchev–Trinajstić information content (AvgIpc) is 1.65. The lowest BCUT2D eigenvalue weighted by molar-refractivity contribution is 0.820. The molecule has 0 aliphatic rings. The van der Waals surface area contributed by atoms with Gasteiger partial charge in [-0.05, 0) is 12.8 Å². The maximum Gasteiger partial charge on any atom is 0.0104 e. The summed E-state index contributed by atoms with van der Waals surface area (Å²) in [5, 5.41) is 0. The normalized spacial score (nSPS) is 8.57. The van der Waals surface area contributed by atoms with Gasteiger partial charge in [0.15, 0.2) is 0 Å². The van der Waals surface area contributed by atoms with Gasteiger partial charge in [-0.2, -0.15) is 0 Å². The van der Waals surface area contributed by atoms with Crippen LogP contribution in [-0.4, -0.2) is 3.92 Å². The van der Waals surface area contributed by atoms with Gasteiger partial charge in [0.05, 0.1) is 0 Å². The van der Waals surface area contributed by atoms with Crippen molar-refractivity contribution in [2.75, 3.05) is 0 Å². The molecule has 7 heavy (non-hydrogen) atoms. The minimum atomic E-state index is 0. The number of alkyl halides is 1. The van der Waals surface area contributed by atoms with E-state index < -0.39 is 0 Å². The van der Waals surface area contributed by atoms with Crippen molar-refractivity contribution in [2.24, 2.45) is 0 Å². The molecule has 0 aromatic rings. The lowest BCUT2D eigenvalue weighted by Crippen LogP contribution is -1.88. The van der Waals surface area contributed by atoms with Crippen molar-refractivity contribution in [1.82, 2.24) is 6.15 Å². The molecule has 0 rings (SSSR count). The van der Waals surface area contributed by atoms with Crippen molar-refractivity contribution >= 4 is 22.6 Å². The number of halogens is 1. The van der Waals surface area contributed by atoms with E-state index >= 15 is 0 Å². The Labute approximate surface area is 59.6 Å². The summed E-state index contributed by atoms with van der Waals surface area (Å²) < 4.78 is 0.905. The molecule has 2 heteroatoms. The van der Waals surface area contributed by atoms with E-state index in [1.807, 2.05) is 0 Å². The molecule has 1 nitrogen and oxygen atoms in total. The Hall–Kier alpha value is 0.690. The van der Waals surface area contributed by atoms with E-state index in [1.165, 1.54) is 12.8 Å². The summed E-state index contributed by atoms with van der Waals surface area (Å²) in [7, 11) is 0. The van der Waals surface area contributed by atoms with E-state index in [9.17, 15) is 0 Å². The van der Waals surface area contributed by atoms with E-state index in [0.717, 1.165) is 3.92 Å². The first-order chi connectivity index (χ1) is 2.81. The molecule has 0 aromatic carbocycles. The van der Waals surface area contributed by atoms with Gasteiger partial charge in [0.1, 0.15) is 0 Å². The minimum absolute atomic E-state index is 0. The third kappa shape index (κ3) is 6.69. The third-order valence-corrected chi connectivity index (χ3v) is 2.65. The Balaban J connectivity index is 0. The standard InChI is InChI=1S/C5H11I.H3N/c1-3-5(6)4-2;/h5H,3-4H2,1-2H3;1H3. The first-order valence-corrected chi connectivity index (χ1v) is 3.69. The Morgan fingerprint density at radius 3 is 1.57 bits per heavy atom. The largest absolute Gasteiger partial charge is 0.344 e. The quantitative estimate of drug-likeness (QED) is 0.557. The van der Waals surface area contributed by atoms with Crippen LogP contribution in [0.4, 0.5) is 0 Å². The zero-order valence-corrected chi connectivity index (χ0v) is 7.23. The first kappa shape index (κ1) is 10.6. The summed E-state index contributed by atoms with van der Waals surface area (Å²) in [5.74, 6) is 0. The molecule has 0 heterocycles. The molecule has 0 radical (unpaired) electrons. The molecular formula is C5H14IN. The van der Waals surface area contributed by atoms with E-state index in [1.54, 1.807) is 0 Å². The molecule has 0 atom stereocenters. The highest BCUT2D eigenvalue weighted by Crippen LogP contribution is 2.07. The second-order valence-corrected chi connectivity index (χ2v) is 3.18. The number of rotatable bonds is 2. The second kappa shape index (κ2) is 6.69. The molecule has 0 spiro atoms. The zero-order chi connectivity index (χ0) is 4.99. The minimum Gasteiger partial charge on any atom is -0.344 e. The van der Waals surface area contributed by atoms with Crippen molar-refractivity contribution in [3.05, 3.63) is 0 Å². The van der Waals surface area contributed by atoms with Crippen LogP contribution < -0.4 is 6.15 Å². The molecule has 0 fully saturated rings. The molecule has 3 N–H and O–H groups in total. The summed E-state index contributed by atoms with van der Waals surface area (Å²) in [6.07, 6.45) is 2.63. The molecule has 0 aliphatic carbocycles. The van der Waals surface area contributed by atoms with Gasteiger partial charge in [0.25, 0.3) is 0 Å². The van der Waals surface area contributed by atoms with Crippen molar-refractivity contribution < 1.29 is 0 Å². The fraction of sp³-hybridized carbons (Fsp3) is 1.00. The Morgan fingerprint density at radius 1 is 1.29 bits per heavy atom. The monoisotopic (exact) mass is 215 g/mol. The lowest BCUT2D eigenvalue weighted by atomic mass is 10.3. The number of hydrogen-bond acceptors (Lipinski definition) is 1. The van der Waals surface area contributed by atoms with E-state index in [-0.39, 0.29) is 6.15 Å². The van der Waals surface area contributed by atoms with Crippen molar-refractivity contribution in [3.63, 3.8) is 0 Å². The van der Waals surface area contributed by atoms with Crippen LogP contribution in [0.1, 0.15) is 26.7 Å². The molecule has 0 saturated carbocycles. The van der Waals surface area contributed by atoms with E-state index in [0.29, 0.717) is 0 Å². The van der Waals surface area contributed by atoms with Crippen LogP contribution in [-0.2, 0) is 0 Å². The highest BCUT2D eigenvalue weighted by Gasteiger charge is 1.91. The van der Waals surface area contributed by atoms with Gasteiger partial charge < -0.3 is 6.15 Å². The van der Waals surface area contributed by atoms with E-state index in [2.05, 4.69) is 36.4 Å². The topological polar surface area (TPSA) is 35.0 Å². The van der Waals surface area contributed by atoms with Crippen LogP contribution in [0, 0.1) is 0 Å². The van der Waals surface area contributed by atoms with Crippen LogP contribution in [0.3, 0.4) is 0 Å². The van der Waals surface area contributed by atoms with Gasteiger partial charge in [0.2, 0.25) is 0 Å². The zero-order valence-electron chi connectivity index (χ0n) is 5.08. The van der Waals surface area contributed by atoms with Gasteiger partial charge in [-0.1, -0.05) is 36.4 Å². The van der Waals surface area contributed by atoms with Gasteiger partial charge in [-0.25, -0.2) is 0 Å². The van der Waals surface area contributed by atoms with Crippen LogP contribution in [0.25, 0.3) is 0 Å². The number of hydrogen-bond donors (Lipinski definition) is 1. The maximum absolute atomic E-state index is 2.47. The molecule has 0 saturated heterocycles. The summed E-state index contributed by atoms with van der Waals surface area (Å²) >= 11 is 2.47. The maximum atomic E-state index is 2.47. The summed E-state index contributed by atoms with van der Waals surface area (Å²) in [4.78, 5) is 0. The predicted octanol–water partition coefficient (Wildman–Crippen LogP) is 2.77. The van der Waals surface area contributed by atoms with Crippen LogP contribution >= 0.6 is 22.6 Å². The molecule has 0 amide bonds. The molecule has 0 aromatic heterocycles. The first-order valence-electron chi connectivity index (χ1n) is 2.45. The summed E-state index contributed by atoms with van der Waals surface area (Å²) in [6, 6.07) is 0. The van der Waals surface area contributed by atoms with Gasteiger partial charge >= 0.3 is 0 Å².